The third-order valence-corrected chi connectivity index (χ3v) is 4.23. The number of hydrogen-bond donors (Lipinski definition) is 1. The first-order chi connectivity index (χ1) is 11.4. The summed E-state index contributed by atoms with van der Waals surface area (Å²) in [4.78, 5) is 7.81. The van der Waals surface area contributed by atoms with Gasteiger partial charge in [-0.05, 0) is 18.2 Å². The van der Waals surface area contributed by atoms with Crippen LogP contribution in [0.4, 0.5) is 0 Å². The van der Waals surface area contributed by atoms with Gasteiger partial charge in [0, 0.05) is 16.7 Å². The van der Waals surface area contributed by atoms with Crippen molar-refractivity contribution < 1.29 is 4.74 Å². The van der Waals surface area contributed by atoms with E-state index in [1.807, 2.05) is 54.6 Å². The van der Waals surface area contributed by atoms with Crippen molar-refractivity contribution in [2.75, 3.05) is 12.4 Å². The molecule has 0 radical (unpaired) electrons. The first-order valence-electron chi connectivity index (χ1n) is 7.32. The largest absolute Gasteiger partial charge is 0.493 e. The van der Waals surface area contributed by atoms with Crippen molar-refractivity contribution in [3.8, 4) is 5.75 Å². The molecule has 114 valence electrons. The van der Waals surface area contributed by atoms with Crippen LogP contribution >= 0.6 is 11.8 Å². The molecule has 2 aromatic carbocycles. The molecule has 4 rings (SSSR count). The molecule has 0 aliphatic carbocycles. The highest BCUT2D eigenvalue weighted by Crippen LogP contribution is 2.23. The van der Waals surface area contributed by atoms with Gasteiger partial charge in [-0.3, -0.25) is 0 Å². The van der Waals surface area contributed by atoms with Gasteiger partial charge in [-0.1, -0.05) is 48.2 Å². The molecule has 0 saturated heterocycles. The SMILES string of the molecule is c1ccc(OCCSc2nnc3c(n2)[nH]c2ccccc23)cc1. The van der Waals surface area contributed by atoms with E-state index in [4.69, 9.17) is 4.74 Å². The van der Waals surface area contributed by atoms with Crippen LogP contribution in [0.3, 0.4) is 0 Å². The number of thioether (sulfide) groups is 1. The van der Waals surface area contributed by atoms with E-state index >= 15 is 0 Å². The number of nitrogens with zero attached hydrogens (tertiary/aromatic N) is 3. The third kappa shape index (κ3) is 2.98. The zero-order chi connectivity index (χ0) is 15.5. The number of nitrogens with one attached hydrogen (secondary N) is 1. The summed E-state index contributed by atoms with van der Waals surface area (Å²) in [5.41, 5.74) is 2.61. The molecule has 0 fully saturated rings. The highest BCUT2D eigenvalue weighted by molar-refractivity contribution is 7.99. The molecule has 0 unspecified atom stereocenters. The predicted octanol–water partition coefficient (Wildman–Crippen LogP) is 3.68. The van der Waals surface area contributed by atoms with Crippen LogP contribution in [0, 0.1) is 0 Å². The molecular formula is C17H14N4OS. The van der Waals surface area contributed by atoms with Crippen LogP contribution in [0.15, 0.2) is 59.8 Å². The number of ether oxygens (including phenoxy) is 1. The Balaban J connectivity index is 1.44. The second kappa shape index (κ2) is 6.26. The third-order valence-electron chi connectivity index (χ3n) is 3.43. The van der Waals surface area contributed by atoms with Gasteiger partial charge in [0.15, 0.2) is 5.65 Å². The van der Waals surface area contributed by atoms with E-state index in [1.165, 1.54) is 11.8 Å². The summed E-state index contributed by atoms with van der Waals surface area (Å²) in [6.07, 6.45) is 0. The second-order valence-corrected chi connectivity index (χ2v) is 6.03. The van der Waals surface area contributed by atoms with Crippen molar-refractivity contribution in [1.29, 1.82) is 0 Å². The molecule has 6 heteroatoms. The molecule has 23 heavy (non-hydrogen) atoms. The molecule has 0 amide bonds. The van der Waals surface area contributed by atoms with E-state index in [0.29, 0.717) is 11.8 Å². The molecular weight excluding hydrogens is 308 g/mol. The fraction of sp³-hybridized carbons (Fsp3) is 0.118. The first kappa shape index (κ1) is 14.0. The molecule has 2 aromatic heterocycles. The van der Waals surface area contributed by atoms with Crippen molar-refractivity contribution >= 4 is 33.8 Å². The Morgan fingerprint density at radius 3 is 2.70 bits per heavy atom. The lowest BCUT2D eigenvalue weighted by molar-refractivity contribution is 0.344. The van der Waals surface area contributed by atoms with Crippen molar-refractivity contribution in [1.82, 2.24) is 20.2 Å². The number of aromatic nitrogens is 4. The Bertz CT molecular complexity index is 939. The summed E-state index contributed by atoms with van der Waals surface area (Å²) in [6, 6.07) is 17.8. The summed E-state index contributed by atoms with van der Waals surface area (Å²) in [7, 11) is 0. The normalized spacial score (nSPS) is 11.1. The minimum atomic E-state index is 0.600. The van der Waals surface area contributed by atoms with Crippen LogP contribution in [0.25, 0.3) is 22.1 Å². The molecule has 4 aromatic rings. The second-order valence-electron chi connectivity index (χ2n) is 4.97. The Hall–Kier alpha value is -2.60. The van der Waals surface area contributed by atoms with E-state index in [-0.39, 0.29) is 0 Å². The molecule has 5 nitrogen and oxygen atoms in total. The van der Waals surface area contributed by atoms with Gasteiger partial charge in [0.2, 0.25) is 5.16 Å². The number of para-hydroxylation sites is 2. The van der Waals surface area contributed by atoms with Gasteiger partial charge < -0.3 is 9.72 Å². The Morgan fingerprint density at radius 1 is 0.957 bits per heavy atom. The number of aromatic amines is 1. The average Bonchev–Trinajstić information content (AvgIpc) is 2.97. The highest BCUT2D eigenvalue weighted by Gasteiger charge is 2.08. The monoisotopic (exact) mass is 322 g/mol. The topological polar surface area (TPSA) is 63.7 Å². The van der Waals surface area contributed by atoms with Gasteiger partial charge in [-0.2, -0.15) is 0 Å². The quantitative estimate of drug-likeness (QED) is 0.448. The Kier molecular flexibility index (Phi) is 3.81. The fourth-order valence-corrected chi connectivity index (χ4v) is 2.98. The number of benzene rings is 2. The van der Waals surface area contributed by atoms with E-state index in [0.717, 1.165) is 33.6 Å². The lowest BCUT2D eigenvalue weighted by Gasteiger charge is -2.04. The fourth-order valence-electron chi connectivity index (χ4n) is 2.38. The van der Waals surface area contributed by atoms with Crippen LogP contribution < -0.4 is 4.74 Å². The average molecular weight is 322 g/mol. The Morgan fingerprint density at radius 2 is 1.78 bits per heavy atom. The minimum absolute atomic E-state index is 0.600. The smallest absolute Gasteiger partial charge is 0.211 e. The van der Waals surface area contributed by atoms with Gasteiger partial charge in [0.05, 0.1) is 6.61 Å². The molecule has 0 bridgehead atoms. The molecule has 0 aliphatic rings. The van der Waals surface area contributed by atoms with Gasteiger partial charge >= 0.3 is 0 Å². The summed E-state index contributed by atoms with van der Waals surface area (Å²) in [5.74, 6) is 1.64. The highest BCUT2D eigenvalue weighted by atomic mass is 32.2. The number of rotatable bonds is 5. The van der Waals surface area contributed by atoms with Gasteiger partial charge in [-0.25, -0.2) is 4.98 Å². The van der Waals surface area contributed by atoms with Crippen LogP contribution in [-0.4, -0.2) is 32.5 Å². The van der Waals surface area contributed by atoms with Crippen LogP contribution in [0.5, 0.6) is 5.75 Å². The predicted molar refractivity (Wildman–Crippen MR) is 91.9 cm³/mol. The van der Waals surface area contributed by atoms with Crippen molar-refractivity contribution in [2.24, 2.45) is 0 Å². The standard InChI is InChI=1S/C17H14N4OS/c1-2-6-12(7-3-1)22-10-11-23-17-19-16-15(20-21-17)13-8-4-5-9-14(13)18-16/h1-9H,10-11H2,(H,18,19,21). The maximum Gasteiger partial charge on any atom is 0.211 e. The summed E-state index contributed by atoms with van der Waals surface area (Å²) in [5, 5.41) is 10.2. The van der Waals surface area contributed by atoms with Crippen LogP contribution in [0.2, 0.25) is 0 Å². The van der Waals surface area contributed by atoms with Gasteiger partial charge in [0.1, 0.15) is 11.3 Å². The van der Waals surface area contributed by atoms with Gasteiger partial charge in [-0.15, -0.1) is 10.2 Å². The lowest BCUT2D eigenvalue weighted by Crippen LogP contribution is -2.01. The molecule has 2 heterocycles. The molecule has 0 aliphatic heterocycles. The van der Waals surface area contributed by atoms with Gasteiger partial charge in [0.25, 0.3) is 0 Å². The Labute approximate surface area is 137 Å². The number of H-pyrrole nitrogens is 1. The summed E-state index contributed by atoms with van der Waals surface area (Å²) in [6.45, 7) is 0.600. The van der Waals surface area contributed by atoms with Crippen molar-refractivity contribution in [3.63, 3.8) is 0 Å². The zero-order valence-electron chi connectivity index (χ0n) is 12.3. The van der Waals surface area contributed by atoms with Crippen LogP contribution in [0.1, 0.15) is 0 Å². The summed E-state index contributed by atoms with van der Waals surface area (Å²) < 4.78 is 5.66. The number of fused-ring (bicyclic) bond motifs is 3. The van der Waals surface area contributed by atoms with E-state index in [1.54, 1.807) is 0 Å². The molecule has 1 N–H and O–H groups in total. The van der Waals surface area contributed by atoms with E-state index in [9.17, 15) is 0 Å². The number of hydrogen-bond acceptors (Lipinski definition) is 5. The molecule has 0 atom stereocenters. The molecule has 0 saturated carbocycles. The maximum atomic E-state index is 5.66. The van der Waals surface area contributed by atoms with E-state index < -0.39 is 0 Å². The zero-order valence-corrected chi connectivity index (χ0v) is 13.1. The maximum absolute atomic E-state index is 5.66. The van der Waals surface area contributed by atoms with E-state index in [2.05, 4.69) is 20.2 Å². The van der Waals surface area contributed by atoms with Crippen molar-refractivity contribution in [2.45, 2.75) is 5.16 Å². The van der Waals surface area contributed by atoms with Crippen molar-refractivity contribution in [3.05, 3.63) is 54.6 Å². The first-order valence-corrected chi connectivity index (χ1v) is 8.30. The minimum Gasteiger partial charge on any atom is -0.493 e. The molecule has 0 spiro atoms. The summed E-state index contributed by atoms with van der Waals surface area (Å²) >= 11 is 1.53. The van der Waals surface area contributed by atoms with Crippen LogP contribution in [-0.2, 0) is 0 Å². The lowest BCUT2D eigenvalue weighted by atomic mass is 10.2.